The van der Waals surface area contributed by atoms with Gasteiger partial charge in [0.05, 0.1) is 10.5 Å². The van der Waals surface area contributed by atoms with Crippen LogP contribution in [-0.2, 0) is 10.0 Å². The first-order valence-corrected chi connectivity index (χ1v) is 17.2. The lowest BCUT2D eigenvalue weighted by molar-refractivity contribution is 0.0551. The van der Waals surface area contributed by atoms with E-state index in [2.05, 4.69) is 37.6 Å². The van der Waals surface area contributed by atoms with Crippen molar-refractivity contribution < 1.29 is 18.6 Å². The number of hydrogen-bond acceptors (Lipinski definition) is 5. The van der Waals surface area contributed by atoms with Crippen LogP contribution in [0.5, 0.6) is 0 Å². The molecule has 5 N–H and O–H groups in total. The van der Waals surface area contributed by atoms with Crippen LogP contribution in [0.3, 0.4) is 0 Å². The highest BCUT2D eigenvalue weighted by atomic mass is 32.2. The molecule has 0 spiro atoms. The molecule has 0 radical (unpaired) electrons. The minimum Gasteiger partial charge on any atom is -0.396 e. The van der Waals surface area contributed by atoms with Crippen molar-refractivity contribution in [3.8, 4) is 0 Å². The molecule has 7 heteroatoms. The number of aliphatic hydroxyl groups excluding tert-OH is 1. The van der Waals surface area contributed by atoms with Gasteiger partial charge in [0, 0.05) is 18.2 Å². The summed E-state index contributed by atoms with van der Waals surface area (Å²) in [5, 5.41) is 19.8. The van der Waals surface area contributed by atoms with Gasteiger partial charge in [0.1, 0.15) is 0 Å². The maximum absolute atomic E-state index is 13.1. The summed E-state index contributed by atoms with van der Waals surface area (Å²) in [7, 11) is -3.68. The molecule has 2 fully saturated rings. The number of nitrogens with two attached hydrogens (primary N) is 1. The van der Waals surface area contributed by atoms with Gasteiger partial charge in [0.25, 0.3) is 0 Å². The second kappa shape index (κ2) is 13.9. The zero-order valence-corrected chi connectivity index (χ0v) is 27.2. The van der Waals surface area contributed by atoms with E-state index >= 15 is 0 Å². The van der Waals surface area contributed by atoms with Gasteiger partial charge >= 0.3 is 0 Å². The zero-order chi connectivity index (χ0) is 30.5. The summed E-state index contributed by atoms with van der Waals surface area (Å²) < 4.78 is 28.9. The van der Waals surface area contributed by atoms with Crippen molar-refractivity contribution in [2.45, 2.75) is 134 Å². The molecule has 1 aromatic rings. The fourth-order valence-electron chi connectivity index (χ4n) is 7.55. The van der Waals surface area contributed by atoms with E-state index in [1.165, 1.54) is 5.57 Å². The quantitative estimate of drug-likeness (QED) is 0.197. The highest BCUT2D eigenvalue weighted by Crippen LogP contribution is 2.61. The Kier molecular flexibility index (Phi) is 11.5. The second-order valence-corrected chi connectivity index (χ2v) is 15.5. The minimum absolute atomic E-state index is 0.0501. The van der Waals surface area contributed by atoms with Crippen molar-refractivity contribution in [2.24, 2.45) is 23.0 Å². The second-order valence-electron chi connectivity index (χ2n) is 13.8. The van der Waals surface area contributed by atoms with Crippen LogP contribution in [0.25, 0.3) is 0 Å². The van der Waals surface area contributed by atoms with E-state index in [0.717, 1.165) is 68.9 Å². The molecule has 232 valence electrons. The molecule has 0 amide bonds. The number of nitrogens with one attached hydrogen (secondary N) is 1. The lowest BCUT2D eigenvalue weighted by atomic mass is 9.57. The van der Waals surface area contributed by atoms with E-state index in [1.54, 1.807) is 24.3 Å². The summed E-state index contributed by atoms with van der Waals surface area (Å²) in [6, 6.07) is 6.45. The predicted octanol–water partition coefficient (Wildman–Crippen LogP) is 6.55. The largest absolute Gasteiger partial charge is 0.396 e. The molecule has 1 aromatic carbocycles. The van der Waals surface area contributed by atoms with Crippen molar-refractivity contribution in [1.29, 1.82) is 0 Å². The maximum atomic E-state index is 13.1. The third kappa shape index (κ3) is 8.32. The monoisotopic (exact) mass is 588 g/mol. The summed E-state index contributed by atoms with van der Waals surface area (Å²) in [5.74, 6) is 1.13. The SMILES string of the molecule is CC/C(=C/C=C1\CCC[C@]2(C)[C@@H]([C@H](C)CCCC(C)(C)O)CC[C@@]12N)C[C@@H](CCO)NS(=O)(=O)c1ccc(C)cc1. The molecule has 5 atom stereocenters. The zero-order valence-electron chi connectivity index (χ0n) is 26.4. The van der Waals surface area contributed by atoms with Gasteiger partial charge in [-0.1, -0.05) is 69.0 Å². The Balaban J connectivity index is 1.76. The van der Waals surface area contributed by atoms with Gasteiger partial charge < -0.3 is 15.9 Å². The fourth-order valence-corrected chi connectivity index (χ4v) is 8.82. The molecular weight excluding hydrogens is 532 g/mol. The number of hydrogen-bond donors (Lipinski definition) is 4. The van der Waals surface area contributed by atoms with Crippen LogP contribution in [0.15, 0.2) is 52.5 Å². The van der Waals surface area contributed by atoms with Crippen LogP contribution >= 0.6 is 0 Å². The summed E-state index contributed by atoms with van der Waals surface area (Å²) in [4.78, 5) is 0.242. The van der Waals surface area contributed by atoms with Crippen molar-refractivity contribution in [1.82, 2.24) is 4.72 Å². The normalized spacial score (nSPS) is 28.1. The Morgan fingerprint density at radius 3 is 2.51 bits per heavy atom. The van der Waals surface area contributed by atoms with Gasteiger partial charge in [-0.3, -0.25) is 0 Å². The molecule has 0 unspecified atom stereocenters. The van der Waals surface area contributed by atoms with Crippen molar-refractivity contribution in [3.05, 3.63) is 53.1 Å². The molecular formula is C34H56N2O4S. The van der Waals surface area contributed by atoms with Crippen molar-refractivity contribution in [3.63, 3.8) is 0 Å². The third-order valence-corrected chi connectivity index (χ3v) is 11.7. The molecule has 3 rings (SSSR count). The van der Waals surface area contributed by atoms with Gasteiger partial charge in [0.15, 0.2) is 0 Å². The molecule has 0 aliphatic heterocycles. The van der Waals surface area contributed by atoms with Crippen LogP contribution in [0.4, 0.5) is 0 Å². The first-order valence-electron chi connectivity index (χ1n) is 15.8. The third-order valence-electron chi connectivity index (χ3n) is 10.2. The number of fused-ring (bicyclic) bond motifs is 1. The number of benzene rings is 1. The molecule has 0 aromatic heterocycles. The Hall–Kier alpha value is -1.51. The fraction of sp³-hybridized carbons (Fsp3) is 0.706. The van der Waals surface area contributed by atoms with E-state index in [9.17, 15) is 18.6 Å². The average Bonchev–Trinajstić information content (AvgIpc) is 3.17. The first-order chi connectivity index (χ1) is 19.1. The molecule has 2 aliphatic carbocycles. The van der Waals surface area contributed by atoms with Crippen LogP contribution in [0, 0.1) is 24.2 Å². The number of aliphatic hydroxyl groups is 2. The molecule has 41 heavy (non-hydrogen) atoms. The Morgan fingerprint density at radius 2 is 1.90 bits per heavy atom. The molecule has 6 nitrogen and oxygen atoms in total. The number of aryl methyl sites for hydroxylation is 1. The lowest BCUT2D eigenvalue weighted by Gasteiger charge is -2.51. The Bertz CT molecular complexity index is 1170. The van der Waals surface area contributed by atoms with Crippen LogP contribution in [0.1, 0.15) is 111 Å². The maximum Gasteiger partial charge on any atom is 0.240 e. The summed E-state index contributed by atoms with van der Waals surface area (Å²) in [6.07, 6.45) is 14.5. The van der Waals surface area contributed by atoms with Gasteiger partial charge in [-0.15, -0.1) is 0 Å². The summed E-state index contributed by atoms with van der Waals surface area (Å²) >= 11 is 0. The predicted molar refractivity (Wildman–Crippen MR) is 169 cm³/mol. The number of sulfonamides is 1. The standard InChI is InChI=1S/C34H56N2O4S/c1-7-27(24-29(19-23-37)36-41(39,40)30-16-12-25(2)13-17-30)14-15-28-11-9-21-33(6)31(18-22-34(28,33)35)26(3)10-8-20-32(4,5)38/h12-17,26,29,31,36-38H,7-11,18-24,35H2,1-6H3/b27-14-,28-15+/t26-,29-,31-,33-,34-/m1/s1. The Labute approximate surface area is 249 Å². The highest BCUT2D eigenvalue weighted by Gasteiger charge is 2.58. The van der Waals surface area contributed by atoms with Gasteiger partial charge in [-0.25, -0.2) is 13.1 Å². The van der Waals surface area contributed by atoms with Crippen LogP contribution in [-0.4, -0.2) is 42.4 Å². The number of allylic oxidation sites excluding steroid dienone is 2. The smallest absolute Gasteiger partial charge is 0.240 e. The van der Waals surface area contributed by atoms with E-state index in [0.29, 0.717) is 24.7 Å². The van der Waals surface area contributed by atoms with E-state index in [4.69, 9.17) is 5.73 Å². The van der Waals surface area contributed by atoms with E-state index < -0.39 is 15.6 Å². The topological polar surface area (TPSA) is 113 Å². The van der Waals surface area contributed by atoms with Crippen LogP contribution < -0.4 is 10.5 Å². The summed E-state index contributed by atoms with van der Waals surface area (Å²) in [6.45, 7) is 12.5. The molecule has 0 bridgehead atoms. The van der Waals surface area contributed by atoms with Gasteiger partial charge in [-0.05, 0) is 114 Å². The number of rotatable bonds is 14. The van der Waals surface area contributed by atoms with E-state index in [1.807, 2.05) is 20.8 Å². The first kappa shape index (κ1) is 34.0. The highest BCUT2D eigenvalue weighted by molar-refractivity contribution is 7.89. The molecule has 2 saturated carbocycles. The molecule has 2 aliphatic rings. The minimum atomic E-state index is -3.68. The van der Waals surface area contributed by atoms with Crippen LogP contribution in [0.2, 0.25) is 0 Å². The molecule has 0 saturated heterocycles. The Morgan fingerprint density at radius 1 is 1.22 bits per heavy atom. The molecule has 0 heterocycles. The van der Waals surface area contributed by atoms with E-state index in [-0.39, 0.29) is 28.5 Å². The lowest BCUT2D eigenvalue weighted by Crippen LogP contribution is -2.56. The average molecular weight is 589 g/mol. The van der Waals surface area contributed by atoms with Crippen molar-refractivity contribution in [2.75, 3.05) is 6.61 Å². The van der Waals surface area contributed by atoms with Crippen molar-refractivity contribution >= 4 is 10.0 Å². The summed E-state index contributed by atoms with van der Waals surface area (Å²) in [5.41, 5.74) is 9.92. The van der Waals surface area contributed by atoms with Gasteiger partial charge in [-0.2, -0.15) is 0 Å². The van der Waals surface area contributed by atoms with Gasteiger partial charge in [0.2, 0.25) is 10.0 Å².